The number of halogens is 4. The van der Waals surface area contributed by atoms with Gasteiger partial charge in [-0.1, -0.05) is 11.6 Å². The second-order valence-electron chi connectivity index (χ2n) is 5.07. The molecule has 27 heavy (non-hydrogen) atoms. The average molecular weight is 400 g/mol. The molecule has 0 heterocycles. The van der Waals surface area contributed by atoms with Crippen molar-refractivity contribution in [3.63, 3.8) is 0 Å². The molecule has 142 valence electrons. The number of esters is 1. The third-order valence-corrected chi connectivity index (χ3v) is 3.60. The average Bonchev–Trinajstić information content (AvgIpc) is 2.63. The molecule has 1 amide bonds. The van der Waals surface area contributed by atoms with E-state index in [9.17, 15) is 22.8 Å². The van der Waals surface area contributed by atoms with Gasteiger partial charge in [0.15, 0.2) is 0 Å². The maximum Gasteiger partial charge on any atom is 0.387 e. The van der Waals surface area contributed by atoms with E-state index >= 15 is 0 Å². The molecule has 0 saturated heterocycles. The lowest BCUT2D eigenvalue weighted by atomic mass is 10.1. The van der Waals surface area contributed by atoms with Crippen LogP contribution in [0.5, 0.6) is 5.75 Å². The Labute approximate surface area is 157 Å². The van der Waals surface area contributed by atoms with Crippen LogP contribution in [0, 0.1) is 5.82 Å². The Hall–Kier alpha value is -3.00. The summed E-state index contributed by atoms with van der Waals surface area (Å²) in [5.74, 6) is -2.32. The number of ether oxygens (including phenoxy) is 2. The molecule has 5 nitrogen and oxygen atoms in total. The van der Waals surface area contributed by atoms with Crippen molar-refractivity contribution < 1.29 is 32.2 Å². The molecule has 9 heteroatoms. The van der Waals surface area contributed by atoms with Crippen LogP contribution in [0.3, 0.4) is 0 Å². The van der Waals surface area contributed by atoms with Crippen molar-refractivity contribution in [3.8, 4) is 5.75 Å². The number of carbonyl (C=O) groups is 2. The van der Waals surface area contributed by atoms with Gasteiger partial charge >= 0.3 is 12.6 Å². The van der Waals surface area contributed by atoms with Gasteiger partial charge < -0.3 is 14.8 Å². The lowest BCUT2D eigenvalue weighted by molar-refractivity contribution is -0.136. The molecule has 0 fully saturated rings. The van der Waals surface area contributed by atoms with E-state index in [0.717, 1.165) is 25.3 Å². The van der Waals surface area contributed by atoms with E-state index in [2.05, 4.69) is 14.8 Å². The largest absolute Gasteiger partial charge is 0.464 e. The first-order valence-corrected chi connectivity index (χ1v) is 7.79. The molecular formula is C18H13ClF3NO4. The van der Waals surface area contributed by atoms with E-state index < -0.39 is 24.3 Å². The number of amides is 1. The SMILES string of the molecule is COC(=O)/C(=C\c1cc(OC(F)F)ccc1Cl)NC(=O)c1ccc(F)cc1. The van der Waals surface area contributed by atoms with E-state index in [0.29, 0.717) is 0 Å². The summed E-state index contributed by atoms with van der Waals surface area (Å²) >= 11 is 6.00. The fraction of sp³-hybridized carbons (Fsp3) is 0.111. The van der Waals surface area contributed by atoms with E-state index in [1.165, 1.54) is 30.3 Å². The standard InChI is InChI=1S/C18H13ClF3NO4/c1-26-17(25)15(23-16(24)10-2-4-12(20)5-3-10)9-11-8-13(27-18(21)22)6-7-14(11)19/h2-9,18H,1H3,(H,23,24)/b15-9+. The Bertz CT molecular complexity index is 869. The van der Waals surface area contributed by atoms with Crippen LogP contribution in [-0.2, 0) is 9.53 Å². The summed E-state index contributed by atoms with van der Waals surface area (Å²) in [5.41, 5.74) is -0.0790. The van der Waals surface area contributed by atoms with Crippen LogP contribution in [0.2, 0.25) is 5.02 Å². The molecule has 0 unspecified atom stereocenters. The summed E-state index contributed by atoms with van der Waals surface area (Å²) in [7, 11) is 1.10. The summed E-state index contributed by atoms with van der Waals surface area (Å²) in [6.07, 6.45) is 1.15. The van der Waals surface area contributed by atoms with Gasteiger partial charge in [-0.15, -0.1) is 0 Å². The van der Waals surface area contributed by atoms with Crippen molar-refractivity contribution in [1.82, 2.24) is 5.32 Å². The van der Waals surface area contributed by atoms with Crippen molar-refractivity contribution in [1.29, 1.82) is 0 Å². The lowest BCUT2D eigenvalue weighted by Gasteiger charge is -2.10. The molecule has 2 aromatic rings. The second kappa shape index (κ2) is 9.09. The smallest absolute Gasteiger partial charge is 0.387 e. The molecule has 0 bridgehead atoms. The fourth-order valence-corrected chi connectivity index (χ4v) is 2.19. The molecule has 0 aromatic heterocycles. The van der Waals surface area contributed by atoms with Crippen LogP contribution in [0.1, 0.15) is 15.9 Å². The molecule has 0 radical (unpaired) electrons. The summed E-state index contributed by atoms with van der Waals surface area (Å²) in [6.45, 7) is -3.04. The number of rotatable bonds is 6. The highest BCUT2D eigenvalue weighted by Gasteiger charge is 2.16. The van der Waals surface area contributed by atoms with E-state index in [1.54, 1.807) is 0 Å². The Balaban J connectivity index is 2.34. The van der Waals surface area contributed by atoms with Gasteiger partial charge in [0.05, 0.1) is 7.11 Å². The first-order valence-electron chi connectivity index (χ1n) is 7.41. The lowest BCUT2D eigenvalue weighted by Crippen LogP contribution is -2.28. The first kappa shape index (κ1) is 20.3. The summed E-state index contributed by atoms with van der Waals surface area (Å²) in [5, 5.41) is 2.44. The van der Waals surface area contributed by atoms with Crippen molar-refractivity contribution in [2.75, 3.05) is 7.11 Å². The summed E-state index contributed by atoms with van der Waals surface area (Å²) in [6, 6.07) is 8.30. The predicted octanol–water partition coefficient (Wildman–Crippen LogP) is 4.02. The molecular weight excluding hydrogens is 387 g/mol. The number of alkyl halides is 2. The van der Waals surface area contributed by atoms with Crippen LogP contribution >= 0.6 is 11.6 Å². The van der Waals surface area contributed by atoms with Crippen molar-refractivity contribution >= 4 is 29.6 Å². The summed E-state index contributed by atoms with van der Waals surface area (Å²) in [4.78, 5) is 24.2. The van der Waals surface area contributed by atoms with Gasteiger partial charge in [-0.2, -0.15) is 8.78 Å². The highest BCUT2D eigenvalue weighted by atomic mass is 35.5. The number of methoxy groups -OCH3 is 1. The third kappa shape index (κ3) is 5.75. The highest BCUT2D eigenvalue weighted by Crippen LogP contribution is 2.25. The monoisotopic (exact) mass is 399 g/mol. The van der Waals surface area contributed by atoms with Gasteiger partial charge in [0, 0.05) is 10.6 Å². The van der Waals surface area contributed by atoms with Gasteiger partial charge in [0.2, 0.25) is 0 Å². The second-order valence-corrected chi connectivity index (χ2v) is 5.48. The van der Waals surface area contributed by atoms with Crippen LogP contribution in [0.15, 0.2) is 48.2 Å². The molecule has 0 aliphatic rings. The Morgan fingerprint density at radius 1 is 1.15 bits per heavy atom. The maximum absolute atomic E-state index is 13.0. The van der Waals surface area contributed by atoms with Crippen molar-refractivity contribution in [2.45, 2.75) is 6.61 Å². The maximum atomic E-state index is 13.0. The van der Waals surface area contributed by atoms with Crippen LogP contribution < -0.4 is 10.1 Å². The minimum absolute atomic E-state index is 0.0899. The number of hydrogen-bond donors (Lipinski definition) is 1. The number of carbonyl (C=O) groups excluding carboxylic acids is 2. The predicted molar refractivity (Wildman–Crippen MR) is 91.9 cm³/mol. The van der Waals surface area contributed by atoms with E-state index in [1.807, 2.05) is 0 Å². The zero-order chi connectivity index (χ0) is 20.0. The van der Waals surface area contributed by atoms with Gasteiger partial charge in [-0.05, 0) is 54.1 Å². The van der Waals surface area contributed by atoms with Gasteiger partial charge in [-0.25, -0.2) is 9.18 Å². The van der Waals surface area contributed by atoms with Gasteiger partial charge in [0.1, 0.15) is 17.3 Å². The quantitative estimate of drug-likeness (QED) is 0.588. The Morgan fingerprint density at radius 2 is 1.81 bits per heavy atom. The molecule has 0 atom stereocenters. The number of benzene rings is 2. The van der Waals surface area contributed by atoms with E-state index in [4.69, 9.17) is 11.6 Å². The van der Waals surface area contributed by atoms with Crippen LogP contribution in [0.25, 0.3) is 6.08 Å². The normalized spacial score (nSPS) is 11.3. The zero-order valence-corrected chi connectivity index (χ0v) is 14.6. The molecule has 0 saturated carbocycles. The van der Waals surface area contributed by atoms with Gasteiger partial charge in [-0.3, -0.25) is 4.79 Å². The fourth-order valence-electron chi connectivity index (χ4n) is 2.02. The number of nitrogens with one attached hydrogen (secondary N) is 1. The zero-order valence-electron chi connectivity index (χ0n) is 13.8. The Kier molecular flexibility index (Phi) is 6.84. The van der Waals surface area contributed by atoms with Crippen LogP contribution in [-0.4, -0.2) is 25.6 Å². The highest BCUT2D eigenvalue weighted by molar-refractivity contribution is 6.32. The van der Waals surface area contributed by atoms with Gasteiger partial charge in [0.25, 0.3) is 5.91 Å². The molecule has 0 spiro atoms. The van der Waals surface area contributed by atoms with E-state index in [-0.39, 0.29) is 27.6 Å². The molecule has 0 aliphatic carbocycles. The topological polar surface area (TPSA) is 64.6 Å². The van der Waals surface area contributed by atoms with Crippen LogP contribution in [0.4, 0.5) is 13.2 Å². The molecule has 0 aliphatic heterocycles. The molecule has 1 N–H and O–H groups in total. The minimum Gasteiger partial charge on any atom is -0.464 e. The van der Waals surface area contributed by atoms with Crippen molar-refractivity contribution in [2.24, 2.45) is 0 Å². The first-order chi connectivity index (χ1) is 12.8. The third-order valence-electron chi connectivity index (χ3n) is 3.25. The summed E-state index contributed by atoms with van der Waals surface area (Å²) < 4.78 is 46.6. The Morgan fingerprint density at radius 3 is 2.41 bits per heavy atom. The molecule has 2 aromatic carbocycles. The number of hydrogen-bond acceptors (Lipinski definition) is 4. The minimum atomic E-state index is -3.04. The van der Waals surface area contributed by atoms with Crippen molar-refractivity contribution in [3.05, 3.63) is 70.1 Å². The molecule has 2 rings (SSSR count).